The standard InChI is InChI=1S/C19H28N4S/c1-2-3-17(23-18(21)14-4-6-15(20)7-5-14)19(24-16-8-9-16)10-12-22-13-11-19/h3-7,16,22H,2,8-13,20H2,1H3,(H2,21,23)/b17-3-. The van der Waals surface area contributed by atoms with Crippen molar-refractivity contribution >= 4 is 23.3 Å². The van der Waals surface area contributed by atoms with Crippen LogP contribution >= 0.6 is 11.8 Å². The lowest BCUT2D eigenvalue weighted by molar-refractivity contribution is 0.451. The van der Waals surface area contributed by atoms with Crippen LogP contribution in [-0.4, -0.2) is 28.9 Å². The van der Waals surface area contributed by atoms with Crippen molar-refractivity contribution in [2.75, 3.05) is 18.8 Å². The smallest absolute Gasteiger partial charge is 0.130 e. The predicted molar refractivity (Wildman–Crippen MR) is 105 cm³/mol. The number of nitrogens with one attached hydrogen (secondary N) is 1. The van der Waals surface area contributed by atoms with E-state index in [0.29, 0.717) is 5.84 Å². The minimum absolute atomic E-state index is 0.112. The van der Waals surface area contributed by atoms with E-state index >= 15 is 0 Å². The number of thioether (sulfide) groups is 1. The highest BCUT2D eigenvalue weighted by Crippen LogP contribution is 2.50. The Kier molecular flexibility index (Phi) is 5.51. The second-order valence-corrected chi connectivity index (χ2v) is 8.36. The maximum Gasteiger partial charge on any atom is 0.130 e. The fourth-order valence-electron chi connectivity index (χ4n) is 3.14. The van der Waals surface area contributed by atoms with Crippen LogP contribution in [0, 0.1) is 0 Å². The molecule has 0 radical (unpaired) electrons. The molecule has 1 saturated carbocycles. The second kappa shape index (κ2) is 7.62. The molecule has 1 aromatic rings. The number of anilines is 1. The molecule has 130 valence electrons. The van der Waals surface area contributed by atoms with Gasteiger partial charge in [0.15, 0.2) is 0 Å². The van der Waals surface area contributed by atoms with Gasteiger partial charge in [-0.2, -0.15) is 0 Å². The average Bonchev–Trinajstić information content (AvgIpc) is 3.39. The van der Waals surface area contributed by atoms with Crippen LogP contribution in [0.25, 0.3) is 0 Å². The molecule has 4 nitrogen and oxygen atoms in total. The maximum atomic E-state index is 6.33. The van der Waals surface area contributed by atoms with Gasteiger partial charge < -0.3 is 16.8 Å². The molecule has 1 aromatic carbocycles. The fraction of sp³-hybridized carbons (Fsp3) is 0.526. The molecule has 0 unspecified atom stereocenters. The van der Waals surface area contributed by atoms with Crippen LogP contribution in [0.5, 0.6) is 0 Å². The van der Waals surface area contributed by atoms with E-state index in [1.54, 1.807) is 0 Å². The normalized spacial score (nSPS) is 21.7. The number of hydrogen-bond acceptors (Lipinski definition) is 4. The number of allylic oxidation sites excluding steroid dienone is 1. The molecule has 1 aliphatic carbocycles. The number of rotatable bonds is 6. The zero-order valence-corrected chi connectivity index (χ0v) is 15.2. The van der Waals surface area contributed by atoms with Gasteiger partial charge in [-0.15, -0.1) is 11.8 Å². The Bertz CT molecular complexity index is 611. The quantitative estimate of drug-likeness (QED) is 0.420. The molecule has 1 saturated heterocycles. The Labute approximate surface area is 149 Å². The summed E-state index contributed by atoms with van der Waals surface area (Å²) in [6, 6.07) is 7.64. The van der Waals surface area contributed by atoms with Gasteiger partial charge in [0.05, 0.1) is 10.4 Å². The molecule has 1 aliphatic heterocycles. The van der Waals surface area contributed by atoms with E-state index in [1.807, 2.05) is 24.3 Å². The van der Waals surface area contributed by atoms with Crippen molar-refractivity contribution in [2.45, 2.75) is 49.0 Å². The minimum Gasteiger partial charge on any atom is -0.399 e. The lowest BCUT2D eigenvalue weighted by Crippen LogP contribution is -2.41. The first kappa shape index (κ1) is 17.4. The van der Waals surface area contributed by atoms with Crippen LogP contribution in [0.2, 0.25) is 0 Å². The van der Waals surface area contributed by atoms with E-state index in [9.17, 15) is 0 Å². The Morgan fingerprint density at radius 1 is 1.29 bits per heavy atom. The largest absolute Gasteiger partial charge is 0.399 e. The van der Waals surface area contributed by atoms with Gasteiger partial charge in [0.25, 0.3) is 0 Å². The molecule has 5 N–H and O–H groups in total. The monoisotopic (exact) mass is 344 g/mol. The topological polar surface area (TPSA) is 76.4 Å². The Morgan fingerprint density at radius 2 is 1.96 bits per heavy atom. The van der Waals surface area contributed by atoms with E-state index in [2.05, 4.69) is 30.1 Å². The summed E-state index contributed by atoms with van der Waals surface area (Å²) in [5.41, 5.74) is 15.0. The van der Waals surface area contributed by atoms with Crippen molar-refractivity contribution in [3.8, 4) is 0 Å². The summed E-state index contributed by atoms with van der Waals surface area (Å²) in [7, 11) is 0. The minimum atomic E-state index is 0.112. The highest BCUT2D eigenvalue weighted by atomic mass is 32.2. The molecule has 5 heteroatoms. The number of nitrogen functional groups attached to an aromatic ring is 1. The molecular formula is C19H28N4S. The summed E-state index contributed by atoms with van der Waals surface area (Å²) in [6.45, 7) is 4.28. The zero-order valence-electron chi connectivity index (χ0n) is 14.4. The first-order valence-corrected chi connectivity index (χ1v) is 9.80. The van der Waals surface area contributed by atoms with Crippen molar-refractivity contribution in [3.05, 3.63) is 41.6 Å². The van der Waals surface area contributed by atoms with Gasteiger partial charge in [0, 0.05) is 16.5 Å². The SMILES string of the molecule is CC/C=C(\N=C(N)c1ccc(N)cc1)C1(SC2CC2)CCNCC1. The number of nitrogens with two attached hydrogens (primary N) is 2. The van der Waals surface area contributed by atoms with Crippen LogP contribution in [0.15, 0.2) is 41.0 Å². The predicted octanol–water partition coefficient (Wildman–Crippen LogP) is 3.29. The number of hydrogen-bond donors (Lipinski definition) is 3. The molecule has 2 aliphatic rings. The summed E-state index contributed by atoms with van der Waals surface area (Å²) in [5, 5.41) is 4.29. The van der Waals surface area contributed by atoms with E-state index in [0.717, 1.165) is 54.5 Å². The molecule has 24 heavy (non-hydrogen) atoms. The van der Waals surface area contributed by atoms with E-state index in [1.165, 1.54) is 12.8 Å². The molecular weight excluding hydrogens is 316 g/mol. The van der Waals surface area contributed by atoms with Gasteiger partial charge in [-0.1, -0.05) is 13.0 Å². The molecule has 0 bridgehead atoms. The van der Waals surface area contributed by atoms with Crippen LogP contribution in [0.3, 0.4) is 0 Å². The summed E-state index contributed by atoms with van der Waals surface area (Å²) >= 11 is 2.13. The second-order valence-electron chi connectivity index (χ2n) is 6.68. The van der Waals surface area contributed by atoms with Gasteiger partial charge >= 0.3 is 0 Å². The van der Waals surface area contributed by atoms with Gasteiger partial charge in [-0.3, -0.25) is 0 Å². The number of benzene rings is 1. The van der Waals surface area contributed by atoms with Crippen molar-refractivity contribution < 1.29 is 0 Å². The van der Waals surface area contributed by atoms with Crippen molar-refractivity contribution in [3.63, 3.8) is 0 Å². The first-order chi connectivity index (χ1) is 11.6. The van der Waals surface area contributed by atoms with E-state index in [4.69, 9.17) is 16.5 Å². The lowest BCUT2D eigenvalue weighted by atomic mass is 9.92. The molecule has 1 heterocycles. The van der Waals surface area contributed by atoms with E-state index in [-0.39, 0.29) is 4.75 Å². The van der Waals surface area contributed by atoms with Crippen LogP contribution < -0.4 is 16.8 Å². The summed E-state index contributed by atoms with van der Waals surface area (Å²) in [6.07, 6.45) is 8.18. The molecule has 2 fully saturated rings. The van der Waals surface area contributed by atoms with Crippen molar-refractivity contribution in [2.24, 2.45) is 10.7 Å². The number of aliphatic imine (C=N–C) groups is 1. The van der Waals surface area contributed by atoms with Crippen LogP contribution in [0.4, 0.5) is 5.69 Å². The summed E-state index contributed by atoms with van der Waals surface area (Å²) in [4.78, 5) is 4.91. The van der Waals surface area contributed by atoms with Crippen LogP contribution in [0.1, 0.15) is 44.6 Å². The lowest BCUT2D eigenvalue weighted by Gasteiger charge is -2.38. The molecule has 0 spiro atoms. The highest BCUT2D eigenvalue weighted by Gasteiger charge is 2.41. The third-order valence-electron chi connectivity index (χ3n) is 4.64. The Balaban J connectivity index is 1.90. The molecule has 0 aromatic heterocycles. The van der Waals surface area contributed by atoms with Crippen molar-refractivity contribution in [1.29, 1.82) is 0 Å². The van der Waals surface area contributed by atoms with E-state index < -0.39 is 0 Å². The van der Waals surface area contributed by atoms with Gasteiger partial charge in [0.1, 0.15) is 5.84 Å². The fourth-order valence-corrected chi connectivity index (χ4v) is 4.84. The molecule has 0 atom stereocenters. The third-order valence-corrected chi connectivity index (χ3v) is 6.51. The average molecular weight is 345 g/mol. The Hall–Kier alpha value is -1.46. The van der Waals surface area contributed by atoms with Crippen LogP contribution in [-0.2, 0) is 0 Å². The third kappa shape index (κ3) is 4.14. The van der Waals surface area contributed by atoms with Gasteiger partial charge in [-0.25, -0.2) is 4.99 Å². The maximum absolute atomic E-state index is 6.33. The van der Waals surface area contributed by atoms with Gasteiger partial charge in [0.2, 0.25) is 0 Å². The molecule has 3 rings (SSSR count). The van der Waals surface area contributed by atoms with Crippen molar-refractivity contribution in [1.82, 2.24) is 5.32 Å². The number of nitrogens with zero attached hydrogens (tertiary/aromatic N) is 1. The van der Waals surface area contributed by atoms with Gasteiger partial charge in [-0.05, 0) is 69.5 Å². The Morgan fingerprint density at radius 3 is 2.54 bits per heavy atom. The summed E-state index contributed by atoms with van der Waals surface area (Å²) < 4.78 is 0.112. The summed E-state index contributed by atoms with van der Waals surface area (Å²) in [5.74, 6) is 0.587. The highest BCUT2D eigenvalue weighted by molar-refractivity contribution is 8.01. The number of amidine groups is 1. The first-order valence-electron chi connectivity index (χ1n) is 8.92. The zero-order chi connectivity index (χ0) is 17.0. The number of piperidine rings is 1. The molecule has 0 amide bonds.